The van der Waals surface area contributed by atoms with Gasteiger partial charge in [0.05, 0.1) is 11.7 Å². The number of carbonyl (C=O) groups excluding carboxylic acids is 1. The number of aromatic nitrogens is 2. The molecule has 1 aliphatic rings. The van der Waals surface area contributed by atoms with Crippen LogP contribution in [0.1, 0.15) is 35.1 Å². The third-order valence-electron chi connectivity index (χ3n) is 4.94. The summed E-state index contributed by atoms with van der Waals surface area (Å²) in [4.78, 5) is 24.8. The molecular formula is C22H23FN4O2S. The number of anilines is 2. The second kappa shape index (κ2) is 8.79. The number of benzene rings is 1. The number of thiazole rings is 1. The number of ether oxygens (including phenoxy) is 1. The monoisotopic (exact) mass is 426 g/mol. The maximum atomic E-state index is 13.0. The van der Waals surface area contributed by atoms with Crippen molar-refractivity contribution >= 4 is 28.1 Å². The fourth-order valence-corrected chi connectivity index (χ4v) is 4.29. The van der Waals surface area contributed by atoms with Crippen molar-refractivity contribution in [3.05, 3.63) is 64.7 Å². The number of hydrogen-bond donors (Lipinski definition) is 1. The van der Waals surface area contributed by atoms with Crippen LogP contribution in [0.3, 0.4) is 0 Å². The first-order valence-electron chi connectivity index (χ1n) is 9.84. The summed E-state index contributed by atoms with van der Waals surface area (Å²) in [6.45, 7) is 4.54. The minimum atomic E-state index is -0.337. The highest BCUT2D eigenvalue weighted by atomic mass is 32.1. The van der Waals surface area contributed by atoms with E-state index in [4.69, 9.17) is 4.74 Å². The molecule has 2 aromatic heterocycles. The van der Waals surface area contributed by atoms with E-state index in [1.54, 1.807) is 11.3 Å². The van der Waals surface area contributed by atoms with E-state index in [1.807, 2.05) is 37.1 Å². The number of amides is 1. The summed E-state index contributed by atoms with van der Waals surface area (Å²) in [6.07, 6.45) is 3.60. The van der Waals surface area contributed by atoms with Gasteiger partial charge in [-0.1, -0.05) is 0 Å². The lowest BCUT2D eigenvalue weighted by Gasteiger charge is -2.25. The summed E-state index contributed by atoms with van der Waals surface area (Å²) in [7, 11) is 0. The predicted octanol–water partition coefficient (Wildman–Crippen LogP) is 4.78. The van der Waals surface area contributed by atoms with Crippen molar-refractivity contribution in [2.24, 2.45) is 0 Å². The minimum Gasteiger partial charge on any atom is -0.484 e. The van der Waals surface area contributed by atoms with Crippen molar-refractivity contribution < 1.29 is 13.9 Å². The van der Waals surface area contributed by atoms with Crippen LogP contribution in [0.15, 0.2) is 42.6 Å². The van der Waals surface area contributed by atoms with Gasteiger partial charge in [0.25, 0.3) is 5.91 Å². The molecule has 1 aromatic carbocycles. The zero-order valence-electron chi connectivity index (χ0n) is 16.9. The van der Waals surface area contributed by atoms with Crippen LogP contribution in [0.25, 0.3) is 0 Å². The summed E-state index contributed by atoms with van der Waals surface area (Å²) in [5.41, 5.74) is 2.65. The van der Waals surface area contributed by atoms with Crippen molar-refractivity contribution in [2.45, 2.75) is 32.7 Å². The molecule has 1 saturated heterocycles. The Morgan fingerprint density at radius 2 is 2.10 bits per heavy atom. The molecule has 8 heteroatoms. The maximum absolute atomic E-state index is 13.0. The summed E-state index contributed by atoms with van der Waals surface area (Å²) in [6, 6.07) is 9.53. The summed E-state index contributed by atoms with van der Waals surface area (Å²) in [5.74, 6) is 0.0331. The molecule has 30 heavy (non-hydrogen) atoms. The van der Waals surface area contributed by atoms with Crippen molar-refractivity contribution in [3.63, 3.8) is 0 Å². The van der Waals surface area contributed by atoms with Crippen molar-refractivity contribution in [1.82, 2.24) is 14.9 Å². The number of nitrogens with one attached hydrogen (secondary N) is 1. The van der Waals surface area contributed by atoms with E-state index in [2.05, 4.69) is 15.3 Å². The van der Waals surface area contributed by atoms with Crippen LogP contribution in [-0.2, 0) is 4.79 Å². The number of carbonyl (C=O) groups is 1. The molecule has 1 fully saturated rings. The van der Waals surface area contributed by atoms with Crippen LogP contribution in [-0.4, -0.2) is 33.9 Å². The van der Waals surface area contributed by atoms with Crippen molar-refractivity contribution in [2.75, 3.05) is 18.5 Å². The highest BCUT2D eigenvalue weighted by Crippen LogP contribution is 2.33. The van der Waals surface area contributed by atoms with Gasteiger partial charge in [0.2, 0.25) is 0 Å². The fraction of sp³-hybridized carbons (Fsp3) is 0.318. The number of rotatable bonds is 6. The van der Waals surface area contributed by atoms with Gasteiger partial charge in [0.15, 0.2) is 11.7 Å². The molecule has 0 bridgehead atoms. The average Bonchev–Trinajstić information content (AvgIpc) is 3.36. The number of pyridine rings is 1. The molecule has 1 aliphatic heterocycles. The van der Waals surface area contributed by atoms with Crippen LogP contribution in [0, 0.1) is 19.7 Å². The van der Waals surface area contributed by atoms with Crippen LogP contribution < -0.4 is 10.1 Å². The minimum absolute atomic E-state index is 0.0859. The molecule has 0 radical (unpaired) electrons. The smallest absolute Gasteiger partial charge is 0.261 e. The molecule has 156 valence electrons. The van der Waals surface area contributed by atoms with E-state index >= 15 is 0 Å². The molecule has 3 heterocycles. The first-order chi connectivity index (χ1) is 14.5. The van der Waals surface area contributed by atoms with Gasteiger partial charge in [-0.05, 0) is 63.1 Å². The largest absolute Gasteiger partial charge is 0.484 e. The van der Waals surface area contributed by atoms with Crippen LogP contribution in [0.5, 0.6) is 5.75 Å². The maximum Gasteiger partial charge on any atom is 0.261 e. The SMILES string of the molecule is Cc1cc(Nc2ncc(C)s2)cc([C@@H]2CCCN2C(=O)COc2ccc(F)cc2)n1. The van der Waals surface area contributed by atoms with E-state index < -0.39 is 0 Å². The van der Waals surface area contributed by atoms with Gasteiger partial charge in [0, 0.05) is 29.0 Å². The Hall–Kier alpha value is -3.00. The summed E-state index contributed by atoms with van der Waals surface area (Å²) < 4.78 is 18.6. The van der Waals surface area contributed by atoms with E-state index in [9.17, 15) is 9.18 Å². The van der Waals surface area contributed by atoms with Gasteiger partial charge in [-0.3, -0.25) is 9.78 Å². The van der Waals surface area contributed by atoms with E-state index in [-0.39, 0.29) is 24.4 Å². The average molecular weight is 427 g/mol. The second-order valence-electron chi connectivity index (χ2n) is 7.31. The van der Waals surface area contributed by atoms with E-state index in [0.717, 1.165) is 39.9 Å². The van der Waals surface area contributed by atoms with Gasteiger partial charge in [0.1, 0.15) is 11.6 Å². The Balaban J connectivity index is 1.46. The zero-order chi connectivity index (χ0) is 21.1. The molecule has 0 spiro atoms. The molecule has 0 saturated carbocycles. The Bertz CT molecular complexity index is 1040. The van der Waals surface area contributed by atoms with Crippen LogP contribution >= 0.6 is 11.3 Å². The quantitative estimate of drug-likeness (QED) is 0.614. The Morgan fingerprint density at radius 1 is 1.30 bits per heavy atom. The lowest BCUT2D eigenvalue weighted by atomic mass is 10.1. The molecule has 0 unspecified atom stereocenters. The third kappa shape index (κ3) is 4.76. The Morgan fingerprint density at radius 3 is 2.83 bits per heavy atom. The van der Waals surface area contributed by atoms with Crippen LogP contribution in [0.4, 0.5) is 15.2 Å². The Kier molecular flexibility index (Phi) is 5.94. The van der Waals surface area contributed by atoms with Crippen molar-refractivity contribution in [1.29, 1.82) is 0 Å². The second-order valence-corrected chi connectivity index (χ2v) is 8.55. The number of hydrogen-bond acceptors (Lipinski definition) is 6. The molecular weight excluding hydrogens is 403 g/mol. The van der Waals surface area contributed by atoms with Gasteiger partial charge < -0.3 is 15.0 Å². The molecule has 1 amide bonds. The molecule has 0 aliphatic carbocycles. The van der Waals surface area contributed by atoms with Gasteiger partial charge in [-0.2, -0.15) is 0 Å². The Labute approximate surface area is 178 Å². The molecule has 6 nitrogen and oxygen atoms in total. The summed E-state index contributed by atoms with van der Waals surface area (Å²) in [5, 5.41) is 4.16. The topological polar surface area (TPSA) is 67.4 Å². The molecule has 1 atom stereocenters. The highest BCUT2D eigenvalue weighted by molar-refractivity contribution is 7.15. The standard InChI is InChI=1S/C22H23FN4O2S/c1-14-10-17(26-22-24-12-15(2)30-22)11-19(25-14)20-4-3-9-27(20)21(28)13-29-18-7-5-16(23)6-8-18/h5-8,10-12,20H,3-4,9,13H2,1-2H3,(H,24,25,26)/t20-/m0/s1. The first-order valence-corrected chi connectivity index (χ1v) is 10.7. The normalized spacial score (nSPS) is 16.0. The predicted molar refractivity (Wildman–Crippen MR) is 115 cm³/mol. The number of aryl methyl sites for hydroxylation is 2. The molecule has 3 aromatic rings. The molecule has 4 rings (SSSR count). The number of nitrogens with zero attached hydrogens (tertiary/aromatic N) is 3. The lowest BCUT2D eigenvalue weighted by molar-refractivity contribution is -0.134. The first kappa shape index (κ1) is 20.3. The highest BCUT2D eigenvalue weighted by Gasteiger charge is 2.31. The zero-order valence-corrected chi connectivity index (χ0v) is 17.7. The van der Waals surface area contributed by atoms with E-state index in [0.29, 0.717) is 12.3 Å². The van der Waals surface area contributed by atoms with Crippen LogP contribution in [0.2, 0.25) is 0 Å². The van der Waals surface area contributed by atoms with Gasteiger partial charge >= 0.3 is 0 Å². The van der Waals surface area contributed by atoms with Gasteiger partial charge in [-0.15, -0.1) is 11.3 Å². The van der Waals surface area contributed by atoms with E-state index in [1.165, 1.54) is 24.3 Å². The fourth-order valence-electron chi connectivity index (χ4n) is 3.60. The lowest BCUT2D eigenvalue weighted by Crippen LogP contribution is -2.34. The van der Waals surface area contributed by atoms with Gasteiger partial charge in [-0.25, -0.2) is 9.37 Å². The van der Waals surface area contributed by atoms with Crippen molar-refractivity contribution in [3.8, 4) is 5.75 Å². The summed E-state index contributed by atoms with van der Waals surface area (Å²) >= 11 is 1.59. The number of halogens is 1. The number of likely N-dealkylation sites (tertiary alicyclic amines) is 1. The molecule has 1 N–H and O–H groups in total. The third-order valence-corrected chi connectivity index (χ3v) is 5.76.